The average Bonchev–Trinajstić information content (AvgIpc) is 3.43. The van der Waals surface area contributed by atoms with Gasteiger partial charge in [0.15, 0.2) is 0 Å². The Hall–Kier alpha value is -2.78. The lowest BCUT2D eigenvalue weighted by Gasteiger charge is -2.38. The number of piperidine rings is 2. The van der Waals surface area contributed by atoms with Crippen molar-refractivity contribution in [1.82, 2.24) is 14.7 Å². The summed E-state index contributed by atoms with van der Waals surface area (Å²) >= 11 is 0. The molecule has 0 aliphatic carbocycles. The largest absolute Gasteiger partial charge is 0.573 e. The van der Waals surface area contributed by atoms with E-state index in [0.29, 0.717) is 19.1 Å². The van der Waals surface area contributed by atoms with Gasteiger partial charge in [0.25, 0.3) is 0 Å². The Morgan fingerprint density at radius 2 is 1.56 bits per heavy atom. The second-order valence-corrected chi connectivity index (χ2v) is 11.2. The zero-order valence-corrected chi connectivity index (χ0v) is 22.7. The molecule has 0 saturated carbocycles. The highest BCUT2D eigenvalue weighted by molar-refractivity contribution is 5.79. The van der Waals surface area contributed by atoms with Crippen molar-refractivity contribution < 1.29 is 22.7 Å². The lowest BCUT2D eigenvalue weighted by atomic mass is 9.94. The quantitative estimate of drug-likeness (QED) is 0.491. The Kier molecular flexibility index (Phi) is 8.67. The molecule has 0 N–H and O–H groups in total. The molecule has 0 bridgehead atoms. The third kappa shape index (κ3) is 7.25. The summed E-state index contributed by atoms with van der Waals surface area (Å²) in [4.78, 5) is 22.6. The molecule has 9 heteroatoms. The van der Waals surface area contributed by atoms with Gasteiger partial charge in [-0.3, -0.25) is 14.6 Å². The van der Waals surface area contributed by atoms with E-state index in [4.69, 9.17) is 0 Å². The summed E-state index contributed by atoms with van der Waals surface area (Å²) in [5.74, 6) is 0.00347. The average molecular weight is 545 g/mol. The van der Waals surface area contributed by atoms with Crippen molar-refractivity contribution in [3.63, 3.8) is 0 Å². The zero-order chi connectivity index (χ0) is 27.4. The van der Waals surface area contributed by atoms with Crippen molar-refractivity contribution in [2.75, 3.05) is 51.2 Å². The fraction of sp³-hybridized carbons (Fsp3) is 0.567. The Balaban J connectivity index is 1.05. The van der Waals surface area contributed by atoms with E-state index in [1.807, 2.05) is 11.9 Å². The van der Waals surface area contributed by atoms with Crippen LogP contribution >= 0.6 is 0 Å². The summed E-state index contributed by atoms with van der Waals surface area (Å²) in [6, 6.07) is 17.5. The Labute approximate surface area is 229 Å². The van der Waals surface area contributed by atoms with Gasteiger partial charge in [-0.1, -0.05) is 30.3 Å². The van der Waals surface area contributed by atoms with Gasteiger partial charge in [-0.25, -0.2) is 0 Å². The highest BCUT2D eigenvalue weighted by Gasteiger charge is 2.36. The summed E-state index contributed by atoms with van der Waals surface area (Å²) < 4.78 is 41.2. The van der Waals surface area contributed by atoms with Gasteiger partial charge >= 0.3 is 6.36 Å². The maximum atomic E-state index is 13.4. The molecule has 3 aliphatic rings. The second kappa shape index (κ2) is 12.2. The van der Waals surface area contributed by atoms with Crippen LogP contribution in [0.2, 0.25) is 0 Å². The van der Waals surface area contributed by atoms with Gasteiger partial charge < -0.3 is 14.5 Å². The Morgan fingerprint density at radius 3 is 2.21 bits per heavy atom. The number of hydrogen-bond donors (Lipinski definition) is 0. The Bertz CT molecular complexity index is 1070. The highest BCUT2D eigenvalue weighted by Crippen LogP contribution is 2.30. The number of halogens is 3. The summed E-state index contributed by atoms with van der Waals surface area (Å²) in [7, 11) is 1.96. The molecular weight excluding hydrogens is 505 g/mol. The van der Waals surface area contributed by atoms with Crippen molar-refractivity contribution in [3.8, 4) is 5.75 Å². The van der Waals surface area contributed by atoms with Crippen LogP contribution in [0.1, 0.15) is 37.7 Å². The maximum Gasteiger partial charge on any atom is 0.573 e. The molecule has 3 aliphatic heterocycles. The smallest absolute Gasteiger partial charge is 0.406 e. The van der Waals surface area contributed by atoms with E-state index >= 15 is 0 Å². The second-order valence-electron chi connectivity index (χ2n) is 11.2. The SMILES string of the molecule is CN(C(=O)C1CCN(c2ccc(OC(F)(F)F)cc2)CC1)C1CCN(C2CCN(Cc3ccccc3)CC2)C1. The molecule has 0 radical (unpaired) electrons. The number of benzene rings is 2. The third-order valence-electron chi connectivity index (χ3n) is 8.69. The summed E-state index contributed by atoms with van der Waals surface area (Å²) in [6.07, 6.45) is 0.193. The van der Waals surface area contributed by atoms with Crippen LogP contribution in [0.3, 0.4) is 0 Å². The first kappa shape index (κ1) is 27.8. The molecule has 3 saturated heterocycles. The number of amides is 1. The number of carbonyl (C=O) groups is 1. The zero-order valence-electron chi connectivity index (χ0n) is 22.7. The first-order chi connectivity index (χ1) is 18.7. The van der Waals surface area contributed by atoms with Crippen molar-refractivity contribution in [2.24, 2.45) is 5.92 Å². The maximum absolute atomic E-state index is 13.4. The molecule has 0 aromatic heterocycles. The predicted molar refractivity (Wildman–Crippen MR) is 146 cm³/mol. The van der Waals surface area contributed by atoms with Crippen LogP contribution in [0, 0.1) is 5.92 Å². The predicted octanol–water partition coefficient (Wildman–Crippen LogP) is 5.00. The molecule has 2 aromatic rings. The van der Waals surface area contributed by atoms with Crippen LogP contribution in [-0.2, 0) is 11.3 Å². The third-order valence-corrected chi connectivity index (χ3v) is 8.69. The van der Waals surface area contributed by atoms with Crippen LogP contribution in [0.25, 0.3) is 0 Å². The molecule has 0 spiro atoms. The number of carbonyl (C=O) groups excluding carboxylic acids is 1. The van der Waals surface area contributed by atoms with Crippen molar-refractivity contribution in [3.05, 3.63) is 60.2 Å². The fourth-order valence-electron chi connectivity index (χ4n) is 6.41. The number of likely N-dealkylation sites (tertiary alicyclic amines) is 2. The standard InChI is InChI=1S/C30H39F3N4O2/c1-34(27-15-20-37(22-27)26-13-16-35(17-14-26)21-23-5-3-2-4-6-23)29(38)24-11-18-36(19-12-24)25-7-9-28(10-8-25)39-30(31,32)33/h2-10,24,26-27H,11-22H2,1H3. The van der Waals surface area contributed by atoms with Gasteiger partial charge in [-0.15, -0.1) is 13.2 Å². The molecule has 39 heavy (non-hydrogen) atoms. The number of likely N-dealkylation sites (N-methyl/N-ethyl adjacent to an activating group) is 1. The normalized spacial score (nSPS) is 22.3. The van der Waals surface area contributed by atoms with Gasteiger partial charge in [-0.2, -0.15) is 0 Å². The van der Waals surface area contributed by atoms with Crippen molar-refractivity contribution >= 4 is 11.6 Å². The van der Waals surface area contributed by atoms with Gasteiger partial charge in [0.05, 0.1) is 0 Å². The van der Waals surface area contributed by atoms with Crippen LogP contribution in [0.15, 0.2) is 54.6 Å². The number of rotatable bonds is 7. The number of alkyl halides is 3. The van der Waals surface area contributed by atoms with Crippen LogP contribution < -0.4 is 9.64 Å². The number of nitrogens with zero attached hydrogens (tertiary/aromatic N) is 4. The number of anilines is 1. The van der Waals surface area contributed by atoms with Crippen molar-refractivity contribution in [1.29, 1.82) is 0 Å². The molecule has 5 rings (SSSR count). The summed E-state index contributed by atoms with van der Waals surface area (Å²) in [6.45, 7) is 6.68. The minimum Gasteiger partial charge on any atom is -0.406 e. The molecule has 3 heterocycles. The van der Waals surface area contributed by atoms with E-state index in [2.05, 4.69) is 49.8 Å². The van der Waals surface area contributed by atoms with Crippen LogP contribution in [0.5, 0.6) is 5.75 Å². The lowest BCUT2D eigenvalue weighted by molar-refractivity contribution is -0.274. The van der Waals surface area contributed by atoms with E-state index in [0.717, 1.165) is 57.7 Å². The summed E-state index contributed by atoms with van der Waals surface area (Å²) in [5.41, 5.74) is 2.22. The first-order valence-electron chi connectivity index (χ1n) is 14.1. The van der Waals surface area contributed by atoms with E-state index in [9.17, 15) is 18.0 Å². The van der Waals surface area contributed by atoms with E-state index < -0.39 is 6.36 Å². The van der Waals surface area contributed by atoms with E-state index in [1.165, 1.54) is 30.5 Å². The van der Waals surface area contributed by atoms with Crippen LogP contribution in [-0.4, -0.2) is 85.4 Å². The molecule has 2 aromatic carbocycles. The molecule has 1 unspecified atom stereocenters. The van der Waals surface area contributed by atoms with Crippen molar-refractivity contribution in [2.45, 2.75) is 57.1 Å². The molecule has 1 amide bonds. The molecule has 6 nitrogen and oxygen atoms in total. The van der Waals surface area contributed by atoms with Gasteiger partial charge in [0.1, 0.15) is 5.75 Å². The number of ether oxygens (including phenoxy) is 1. The van der Waals surface area contributed by atoms with E-state index in [1.54, 1.807) is 12.1 Å². The number of hydrogen-bond acceptors (Lipinski definition) is 5. The van der Waals surface area contributed by atoms with Gasteiger partial charge in [0.2, 0.25) is 5.91 Å². The van der Waals surface area contributed by atoms with E-state index in [-0.39, 0.29) is 23.6 Å². The lowest BCUT2D eigenvalue weighted by Crippen LogP contribution is -2.47. The molecule has 212 valence electrons. The molecule has 1 atom stereocenters. The minimum absolute atomic E-state index is 0.00522. The van der Waals surface area contributed by atoms with Crippen LogP contribution in [0.4, 0.5) is 18.9 Å². The Morgan fingerprint density at radius 1 is 0.897 bits per heavy atom. The highest BCUT2D eigenvalue weighted by atomic mass is 19.4. The monoisotopic (exact) mass is 544 g/mol. The molecule has 3 fully saturated rings. The topological polar surface area (TPSA) is 39.3 Å². The first-order valence-corrected chi connectivity index (χ1v) is 14.1. The van der Waals surface area contributed by atoms with Gasteiger partial charge in [0, 0.05) is 63.5 Å². The summed E-state index contributed by atoms with van der Waals surface area (Å²) in [5, 5.41) is 0. The minimum atomic E-state index is -4.69. The molecular formula is C30H39F3N4O2. The fourth-order valence-corrected chi connectivity index (χ4v) is 6.41. The van der Waals surface area contributed by atoms with Gasteiger partial charge in [-0.05, 0) is 75.0 Å².